The number of nitrogens with one attached hydrogen (secondary N) is 3. The minimum Gasteiger partial charge on any atom is -0.487 e. The van der Waals surface area contributed by atoms with Crippen LogP contribution in [0.5, 0.6) is 5.75 Å². The number of carbonyl (C=O) groups is 1. The molecule has 0 saturated carbocycles. The van der Waals surface area contributed by atoms with E-state index in [-0.39, 0.29) is 23.7 Å². The van der Waals surface area contributed by atoms with Gasteiger partial charge in [-0.3, -0.25) is 9.78 Å². The summed E-state index contributed by atoms with van der Waals surface area (Å²) in [5.41, 5.74) is 0.0610. The Morgan fingerprint density at radius 2 is 1.76 bits per heavy atom. The Morgan fingerprint density at radius 3 is 2.46 bits per heavy atom. The van der Waals surface area contributed by atoms with E-state index in [0.717, 1.165) is 17.7 Å². The minimum atomic E-state index is -5.84. The average molecular weight is 517 g/mol. The molecule has 0 unspecified atom stereocenters. The zero-order valence-electron chi connectivity index (χ0n) is 19.0. The van der Waals surface area contributed by atoms with Gasteiger partial charge in [0.25, 0.3) is 5.91 Å². The van der Waals surface area contributed by atoms with Crippen molar-refractivity contribution >= 4 is 17.4 Å². The van der Waals surface area contributed by atoms with Crippen molar-refractivity contribution in [1.29, 1.82) is 0 Å². The molecule has 0 bridgehead atoms. The zero-order chi connectivity index (χ0) is 26.5. The Morgan fingerprint density at radius 1 is 0.973 bits per heavy atom. The highest BCUT2D eigenvalue weighted by atomic mass is 19.4. The fourth-order valence-electron chi connectivity index (χ4n) is 3.36. The first-order valence-corrected chi connectivity index (χ1v) is 10.9. The van der Waals surface area contributed by atoms with Gasteiger partial charge in [0.05, 0.1) is 16.8 Å². The summed E-state index contributed by atoms with van der Waals surface area (Å²) in [7, 11) is 0. The molecule has 0 spiro atoms. The normalized spacial score (nSPS) is 11.7. The number of benzene rings is 1. The number of amides is 1. The number of carbonyl (C=O) groups excluding carboxylic acids is 1. The molecule has 37 heavy (non-hydrogen) atoms. The topological polar surface area (TPSA) is 91.9 Å². The van der Waals surface area contributed by atoms with Gasteiger partial charge in [0.2, 0.25) is 0 Å². The fraction of sp³-hybridized carbons (Fsp3) is 0.160. The summed E-state index contributed by atoms with van der Waals surface area (Å²) >= 11 is 0. The van der Waals surface area contributed by atoms with Crippen LogP contribution in [0.25, 0.3) is 0 Å². The molecule has 1 aromatic carbocycles. The monoisotopic (exact) mass is 517 g/mol. The molecule has 0 aliphatic rings. The van der Waals surface area contributed by atoms with Crippen LogP contribution in [0.3, 0.4) is 0 Å². The number of hydrogen-bond acceptors (Lipinski definition) is 5. The molecule has 7 nitrogen and oxygen atoms in total. The van der Waals surface area contributed by atoms with Gasteiger partial charge in [-0.2, -0.15) is 22.0 Å². The Hall–Kier alpha value is -4.48. The second-order valence-corrected chi connectivity index (χ2v) is 7.83. The summed E-state index contributed by atoms with van der Waals surface area (Å²) in [5, 5.41) is 5.54. The lowest BCUT2D eigenvalue weighted by molar-refractivity contribution is -0.289. The van der Waals surface area contributed by atoms with Crippen LogP contribution in [0.1, 0.15) is 27.2 Å². The highest BCUT2D eigenvalue weighted by molar-refractivity contribution is 6.07. The maximum atomic E-state index is 14.2. The van der Waals surface area contributed by atoms with E-state index in [1.807, 2.05) is 0 Å². The summed E-state index contributed by atoms with van der Waals surface area (Å²) in [5.74, 6) is -6.30. The fourth-order valence-corrected chi connectivity index (χ4v) is 3.36. The molecule has 12 heteroatoms. The van der Waals surface area contributed by atoms with E-state index < -0.39 is 29.3 Å². The van der Waals surface area contributed by atoms with Crippen LogP contribution in [0.4, 0.5) is 33.5 Å². The maximum Gasteiger partial charge on any atom is 0.458 e. The summed E-state index contributed by atoms with van der Waals surface area (Å²) in [6, 6.07) is 12.2. The molecular weight excluding hydrogens is 497 g/mol. The molecule has 1 amide bonds. The number of alkyl halides is 5. The van der Waals surface area contributed by atoms with Crippen LogP contribution in [0.2, 0.25) is 0 Å². The van der Waals surface area contributed by atoms with Crippen LogP contribution in [0, 0.1) is 0 Å². The molecule has 3 N–H and O–H groups in total. The first-order valence-electron chi connectivity index (χ1n) is 10.9. The SMILES string of the molecule is O=C(Nc1ccc(C(F)(F)C(F)(F)F)c(OCc2ccc[nH]2)c1)c1cccnc1NCc1ccncc1. The van der Waals surface area contributed by atoms with Crippen molar-refractivity contribution in [3.8, 4) is 5.75 Å². The highest BCUT2D eigenvalue weighted by Crippen LogP contribution is 2.47. The van der Waals surface area contributed by atoms with Gasteiger partial charge in [0, 0.05) is 43.1 Å². The summed E-state index contributed by atoms with van der Waals surface area (Å²) in [6.07, 6.45) is 0.420. The van der Waals surface area contributed by atoms with Gasteiger partial charge in [-0.05, 0) is 54.1 Å². The van der Waals surface area contributed by atoms with Gasteiger partial charge in [0.1, 0.15) is 18.2 Å². The average Bonchev–Trinajstić information content (AvgIpc) is 3.40. The van der Waals surface area contributed by atoms with E-state index in [4.69, 9.17) is 4.74 Å². The Balaban J connectivity index is 1.57. The number of aromatic amines is 1. The van der Waals surface area contributed by atoms with Crippen molar-refractivity contribution in [2.75, 3.05) is 10.6 Å². The summed E-state index contributed by atoms with van der Waals surface area (Å²) in [4.78, 5) is 23.8. The number of anilines is 2. The number of aromatic nitrogens is 3. The number of H-pyrrole nitrogens is 1. The van der Waals surface area contributed by atoms with Crippen molar-refractivity contribution in [2.45, 2.75) is 25.3 Å². The van der Waals surface area contributed by atoms with Gasteiger partial charge in [-0.1, -0.05) is 0 Å². The van der Waals surface area contributed by atoms with Gasteiger partial charge in [-0.15, -0.1) is 0 Å². The molecule has 0 saturated heterocycles. The number of ether oxygens (including phenoxy) is 1. The van der Waals surface area contributed by atoms with E-state index >= 15 is 0 Å². The lowest BCUT2D eigenvalue weighted by atomic mass is 10.1. The van der Waals surface area contributed by atoms with Crippen molar-refractivity contribution < 1.29 is 31.5 Å². The lowest BCUT2D eigenvalue weighted by Gasteiger charge is -2.23. The molecule has 0 atom stereocenters. The number of rotatable bonds is 9. The van der Waals surface area contributed by atoms with Crippen molar-refractivity contribution in [1.82, 2.24) is 15.0 Å². The number of hydrogen-bond donors (Lipinski definition) is 3. The van der Waals surface area contributed by atoms with Crippen LogP contribution < -0.4 is 15.4 Å². The Kier molecular flexibility index (Phi) is 7.37. The smallest absolute Gasteiger partial charge is 0.458 e. The Bertz CT molecular complexity index is 1350. The largest absolute Gasteiger partial charge is 0.487 e. The molecule has 4 aromatic rings. The van der Waals surface area contributed by atoms with Crippen LogP contribution in [0.15, 0.2) is 79.4 Å². The van der Waals surface area contributed by atoms with Gasteiger partial charge >= 0.3 is 12.1 Å². The summed E-state index contributed by atoms with van der Waals surface area (Å²) < 4.78 is 73.0. The third-order valence-corrected chi connectivity index (χ3v) is 5.24. The third-order valence-electron chi connectivity index (χ3n) is 5.24. The molecular formula is C25H20F5N5O2. The van der Waals surface area contributed by atoms with Gasteiger partial charge in [0.15, 0.2) is 0 Å². The van der Waals surface area contributed by atoms with Crippen LogP contribution in [-0.4, -0.2) is 27.0 Å². The molecule has 0 radical (unpaired) electrons. The number of pyridine rings is 2. The van der Waals surface area contributed by atoms with Crippen LogP contribution in [-0.2, 0) is 19.1 Å². The van der Waals surface area contributed by atoms with E-state index in [2.05, 4.69) is 25.6 Å². The van der Waals surface area contributed by atoms with E-state index in [1.54, 1.807) is 42.9 Å². The van der Waals surface area contributed by atoms with E-state index in [1.165, 1.54) is 18.3 Å². The molecule has 0 fully saturated rings. The molecule has 3 aromatic heterocycles. The van der Waals surface area contributed by atoms with Crippen molar-refractivity contribution in [2.24, 2.45) is 0 Å². The molecule has 0 aliphatic heterocycles. The molecule has 192 valence electrons. The molecule has 0 aliphatic carbocycles. The highest BCUT2D eigenvalue weighted by Gasteiger charge is 2.60. The third kappa shape index (κ3) is 6.02. The predicted octanol–water partition coefficient (Wildman–Crippen LogP) is 5.90. The first-order chi connectivity index (χ1) is 17.6. The lowest BCUT2D eigenvalue weighted by Crippen LogP contribution is -2.34. The summed E-state index contributed by atoms with van der Waals surface area (Å²) in [6.45, 7) is 0.0504. The number of halogens is 5. The van der Waals surface area contributed by atoms with E-state index in [0.29, 0.717) is 18.3 Å². The van der Waals surface area contributed by atoms with E-state index in [9.17, 15) is 26.7 Å². The van der Waals surface area contributed by atoms with Gasteiger partial charge < -0.3 is 20.4 Å². The second-order valence-electron chi connectivity index (χ2n) is 7.83. The standard InChI is InChI=1S/C25H20F5N5O2/c26-24(27,25(28,29)30)20-6-5-17(13-21(20)37-15-18-3-1-9-32-18)35-23(36)19-4-2-10-33-22(19)34-14-16-7-11-31-12-8-16/h1-13,32H,14-15H2,(H,33,34)(H,35,36). The maximum absolute atomic E-state index is 14.2. The Labute approximate surface area is 207 Å². The first kappa shape index (κ1) is 25.6. The quantitative estimate of drug-likeness (QED) is 0.241. The zero-order valence-corrected chi connectivity index (χ0v) is 19.0. The molecule has 3 heterocycles. The van der Waals surface area contributed by atoms with Crippen molar-refractivity contribution in [3.63, 3.8) is 0 Å². The van der Waals surface area contributed by atoms with Crippen LogP contribution >= 0.6 is 0 Å². The van der Waals surface area contributed by atoms with Crippen molar-refractivity contribution in [3.05, 3.63) is 102 Å². The predicted molar refractivity (Wildman–Crippen MR) is 125 cm³/mol. The van der Waals surface area contributed by atoms with Gasteiger partial charge in [-0.25, -0.2) is 4.98 Å². The molecule has 4 rings (SSSR count). The number of nitrogens with zero attached hydrogens (tertiary/aromatic N) is 2. The second kappa shape index (κ2) is 10.6. The minimum absolute atomic E-state index is 0.0443.